The van der Waals surface area contributed by atoms with Gasteiger partial charge in [-0.05, 0) is 38.1 Å². The predicted octanol–water partition coefficient (Wildman–Crippen LogP) is 0.746. The number of quaternary nitrogens is 1. The summed E-state index contributed by atoms with van der Waals surface area (Å²) in [6, 6.07) is 10.6. The maximum atomic E-state index is 12.7. The van der Waals surface area contributed by atoms with Crippen LogP contribution in [0.5, 0.6) is 0 Å². The molecule has 1 aliphatic heterocycles. The molecular formula is C19H26N3O4S+. The number of hydrogen-bond acceptors (Lipinski definition) is 4. The molecule has 7 nitrogen and oxygen atoms in total. The number of sulfonamides is 1. The molecule has 1 aromatic heterocycles. The molecule has 1 aliphatic rings. The Bertz CT molecular complexity index is 855. The number of benzene rings is 1. The quantitative estimate of drug-likeness (QED) is 0.786. The molecule has 27 heavy (non-hydrogen) atoms. The molecule has 2 heterocycles. The van der Waals surface area contributed by atoms with Crippen molar-refractivity contribution >= 4 is 15.9 Å². The van der Waals surface area contributed by atoms with E-state index in [1.165, 1.54) is 4.31 Å². The first-order chi connectivity index (χ1) is 12.9. The largest absolute Gasteiger partial charge is 0.463 e. The maximum Gasteiger partial charge on any atom is 0.277 e. The number of hydrogen-bond donors (Lipinski definition) is 1. The van der Waals surface area contributed by atoms with E-state index in [1.807, 2.05) is 31.3 Å². The Morgan fingerprint density at radius 2 is 1.81 bits per heavy atom. The van der Waals surface area contributed by atoms with E-state index < -0.39 is 10.0 Å². The van der Waals surface area contributed by atoms with Crippen molar-refractivity contribution in [3.8, 4) is 0 Å². The van der Waals surface area contributed by atoms with E-state index >= 15 is 0 Å². The van der Waals surface area contributed by atoms with Crippen LogP contribution in [-0.4, -0.2) is 56.3 Å². The van der Waals surface area contributed by atoms with Crippen molar-refractivity contribution in [3.05, 3.63) is 54.0 Å². The van der Waals surface area contributed by atoms with E-state index in [0.29, 0.717) is 37.6 Å². The summed E-state index contributed by atoms with van der Waals surface area (Å²) in [5.41, 5.74) is 1.02. The molecule has 146 valence electrons. The van der Waals surface area contributed by atoms with Gasteiger partial charge in [-0.1, -0.05) is 17.7 Å². The van der Waals surface area contributed by atoms with Gasteiger partial charge in [-0.25, -0.2) is 8.42 Å². The van der Waals surface area contributed by atoms with Gasteiger partial charge < -0.3 is 14.6 Å². The van der Waals surface area contributed by atoms with Crippen molar-refractivity contribution < 1.29 is 22.9 Å². The molecule has 1 atom stereocenters. The van der Waals surface area contributed by atoms with Gasteiger partial charge >= 0.3 is 0 Å². The smallest absolute Gasteiger partial charge is 0.277 e. The highest BCUT2D eigenvalue weighted by molar-refractivity contribution is 7.89. The highest BCUT2D eigenvalue weighted by Gasteiger charge is 2.30. The molecule has 0 bridgehead atoms. The van der Waals surface area contributed by atoms with Gasteiger partial charge in [0.25, 0.3) is 5.91 Å². The molecule has 3 rings (SSSR count). The average Bonchev–Trinajstić information content (AvgIpc) is 3.21. The molecule has 2 aromatic rings. The van der Waals surface area contributed by atoms with Gasteiger partial charge in [0, 0.05) is 26.2 Å². The van der Waals surface area contributed by atoms with E-state index in [0.717, 1.165) is 11.3 Å². The lowest BCUT2D eigenvalue weighted by molar-refractivity contribution is -0.685. The Kier molecular flexibility index (Phi) is 5.98. The van der Waals surface area contributed by atoms with Crippen LogP contribution in [0.15, 0.2) is 52.0 Å². The number of carbonyl (C=O) groups excluding carboxylic acids is 1. The molecule has 0 spiro atoms. The number of carbonyl (C=O) groups is 1. The van der Waals surface area contributed by atoms with E-state index in [1.54, 1.807) is 35.4 Å². The molecule has 8 heteroatoms. The van der Waals surface area contributed by atoms with Crippen molar-refractivity contribution in [2.24, 2.45) is 0 Å². The Morgan fingerprint density at radius 3 is 2.41 bits per heavy atom. The minimum Gasteiger partial charge on any atom is -0.463 e. The van der Waals surface area contributed by atoms with E-state index in [9.17, 15) is 13.2 Å². The summed E-state index contributed by atoms with van der Waals surface area (Å²) in [6.07, 6.45) is 1.62. The van der Waals surface area contributed by atoms with Gasteiger partial charge in [-0.3, -0.25) is 4.79 Å². The lowest BCUT2D eigenvalue weighted by atomic mass is 10.2. The summed E-state index contributed by atoms with van der Waals surface area (Å²) in [7, 11) is -3.51. The standard InChI is InChI=1S/C19H25N3O4S/c1-15-5-7-17(8-6-15)27(24,25)22-11-9-21(10-12-22)19(23)14-20-16(2)18-4-3-13-26-18/h3-8,13,16,20H,9-12,14H2,1-2H3/p+1/t16-/m0/s1. The van der Waals surface area contributed by atoms with Crippen molar-refractivity contribution in [1.29, 1.82) is 0 Å². The minimum atomic E-state index is -3.51. The number of furan rings is 1. The lowest BCUT2D eigenvalue weighted by Gasteiger charge is -2.33. The van der Waals surface area contributed by atoms with Crippen LogP contribution in [0.1, 0.15) is 24.3 Å². The molecule has 1 fully saturated rings. The highest BCUT2D eigenvalue weighted by Crippen LogP contribution is 2.18. The number of nitrogens with two attached hydrogens (primary N) is 1. The number of rotatable bonds is 6. The first kappa shape index (κ1) is 19.6. The Balaban J connectivity index is 1.52. The van der Waals surface area contributed by atoms with Gasteiger partial charge in [0.1, 0.15) is 6.04 Å². The summed E-state index contributed by atoms with van der Waals surface area (Å²) in [4.78, 5) is 14.5. The summed E-state index contributed by atoms with van der Waals surface area (Å²) in [5.74, 6) is 0.845. The Morgan fingerprint density at radius 1 is 1.15 bits per heavy atom. The monoisotopic (exact) mass is 392 g/mol. The fourth-order valence-corrected chi connectivity index (χ4v) is 4.53. The molecule has 0 saturated carbocycles. The Labute approximate surface area is 160 Å². The number of nitrogens with zero attached hydrogens (tertiary/aromatic N) is 2. The van der Waals surface area contributed by atoms with Crippen LogP contribution in [-0.2, 0) is 14.8 Å². The average molecular weight is 393 g/mol. The first-order valence-corrected chi connectivity index (χ1v) is 10.5. The fourth-order valence-electron chi connectivity index (χ4n) is 3.11. The van der Waals surface area contributed by atoms with Crippen molar-refractivity contribution in [2.45, 2.75) is 24.8 Å². The van der Waals surface area contributed by atoms with E-state index in [-0.39, 0.29) is 11.9 Å². The van der Waals surface area contributed by atoms with Crippen LogP contribution in [0.3, 0.4) is 0 Å². The zero-order valence-electron chi connectivity index (χ0n) is 15.7. The molecule has 2 N–H and O–H groups in total. The summed E-state index contributed by atoms with van der Waals surface area (Å²) >= 11 is 0. The van der Waals surface area contributed by atoms with Gasteiger partial charge in [0.15, 0.2) is 12.3 Å². The van der Waals surface area contributed by atoms with Crippen LogP contribution in [0, 0.1) is 6.92 Å². The third kappa shape index (κ3) is 4.58. The van der Waals surface area contributed by atoms with Gasteiger partial charge in [0.2, 0.25) is 10.0 Å². The summed E-state index contributed by atoms with van der Waals surface area (Å²) in [6.45, 7) is 5.67. The second-order valence-electron chi connectivity index (χ2n) is 6.84. The molecular weight excluding hydrogens is 366 g/mol. The highest BCUT2D eigenvalue weighted by atomic mass is 32.2. The zero-order valence-corrected chi connectivity index (χ0v) is 16.5. The normalized spacial score (nSPS) is 17.0. The van der Waals surface area contributed by atoms with Gasteiger partial charge in [-0.15, -0.1) is 0 Å². The molecule has 0 radical (unpaired) electrons. The van der Waals surface area contributed by atoms with Crippen LogP contribution in [0.4, 0.5) is 0 Å². The second kappa shape index (κ2) is 8.24. The lowest BCUT2D eigenvalue weighted by Crippen LogP contribution is -2.87. The van der Waals surface area contributed by atoms with Crippen molar-refractivity contribution in [2.75, 3.05) is 32.7 Å². The molecule has 1 amide bonds. The third-order valence-corrected chi connectivity index (χ3v) is 6.80. The third-order valence-electron chi connectivity index (χ3n) is 4.89. The molecule has 0 unspecified atom stereocenters. The topological polar surface area (TPSA) is 87.4 Å². The molecule has 1 aromatic carbocycles. The zero-order chi connectivity index (χ0) is 19.4. The molecule has 1 saturated heterocycles. The number of piperazine rings is 1. The maximum absolute atomic E-state index is 12.7. The van der Waals surface area contributed by atoms with Crippen molar-refractivity contribution in [3.63, 3.8) is 0 Å². The van der Waals surface area contributed by atoms with Crippen LogP contribution < -0.4 is 5.32 Å². The summed E-state index contributed by atoms with van der Waals surface area (Å²) < 4.78 is 32.3. The van der Waals surface area contributed by atoms with Crippen molar-refractivity contribution in [1.82, 2.24) is 9.21 Å². The molecule has 0 aliphatic carbocycles. The first-order valence-electron chi connectivity index (χ1n) is 9.09. The predicted molar refractivity (Wildman–Crippen MR) is 100 cm³/mol. The summed E-state index contributed by atoms with van der Waals surface area (Å²) in [5, 5.41) is 1.93. The minimum absolute atomic E-state index is 0.0146. The van der Waals surface area contributed by atoms with E-state index in [4.69, 9.17) is 4.42 Å². The van der Waals surface area contributed by atoms with Crippen LogP contribution in [0.25, 0.3) is 0 Å². The van der Waals surface area contributed by atoms with Gasteiger partial charge in [0.05, 0.1) is 11.2 Å². The van der Waals surface area contributed by atoms with Gasteiger partial charge in [-0.2, -0.15) is 4.31 Å². The second-order valence-corrected chi connectivity index (χ2v) is 8.78. The number of aryl methyl sites for hydroxylation is 1. The Hall–Kier alpha value is -2.16. The van der Waals surface area contributed by atoms with Crippen LogP contribution >= 0.6 is 0 Å². The fraction of sp³-hybridized carbons (Fsp3) is 0.421. The van der Waals surface area contributed by atoms with E-state index in [2.05, 4.69) is 0 Å². The SMILES string of the molecule is Cc1ccc(S(=O)(=O)N2CCN(C(=O)C[NH2+][C@@H](C)c3ccco3)CC2)cc1. The van der Waals surface area contributed by atoms with Crippen LogP contribution in [0.2, 0.25) is 0 Å². The number of amides is 1.